The quantitative estimate of drug-likeness (QED) is 0.882. The third-order valence-electron chi connectivity index (χ3n) is 2.91. The van der Waals surface area contributed by atoms with E-state index in [-0.39, 0.29) is 6.04 Å². The average Bonchev–Trinajstić information content (AvgIpc) is 2.88. The lowest BCUT2D eigenvalue weighted by molar-refractivity contribution is 0.335. The molecule has 4 nitrogen and oxygen atoms in total. The third kappa shape index (κ3) is 3.11. The number of nitrogens with two attached hydrogens (primary N) is 1. The van der Waals surface area contributed by atoms with Crippen molar-refractivity contribution in [2.75, 3.05) is 6.61 Å². The summed E-state index contributed by atoms with van der Waals surface area (Å²) in [6.45, 7) is 4.73. The number of nitrogens with zero attached hydrogens (tertiary/aromatic N) is 2. The van der Waals surface area contributed by atoms with Crippen molar-refractivity contribution in [1.29, 1.82) is 0 Å². The lowest BCUT2D eigenvalue weighted by Gasteiger charge is -2.15. The van der Waals surface area contributed by atoms with Crippen LogP contribution in [0.2, 0.25) is 0 Å². The van der Waals surface area contributed by atoms with E-state index < -0.39 is 0 Å². The van der Waals surface area contributed by atoms with Crippen LogP contribution in [0.25, 0.3) is 0 Å². The zero-order chi connectivity index (χ0) is 13.7. The van der Waals surface area contributed by atoms with Crippen LogP contribution in [-0.2, 0) is 6.42 Å². The Morgan fingerprint density at radius 2 is 2.11 bits per heavy atom. The van der Waals surface area contributed by atoms with E-state index in [9.17, 15) is 0 Å². The monoisotopic (exact) mass is 277 g/mol. The van der Waals surface area contributed by atoms with Gasteiger partial charge in [0.1, 0.15) is 5.75 Å². The number of hydrogen-bond acceptors (Lipinski definition) is 5. The maximum Gasteiger partial charge on any atom is 0.124 e. The molecule has 1 aromatic heterocycles. The minimum atomic E-state index is -0.218. The van der Waals surface area contributed by atoms with Gasteiger partial charge in [0.25, 0.3) is 0 Å². The Bertz CT molecular complexity index is 527. The number of rotatable bonds is 6. The summed E-state index contributed by atoms with van der Waals surface area (Å²) in [5, 5.41) is 4.18. The Morgan fingerprint density at radius 1 is 1.32 bits per heavy atom. The number of para-hydroxylation sites is 1. The zero-order valence-corrected chi connectivity index (χ0v) is 12.1. The molecule has 0 aliphatic carbocycles. The summed E-state index contributed by atoms with van der Waals surface area (Å²) < 4.78 is 9.67. The maximum atomic E-state index is 6.37. The fourth-order valence-electron chi connectivity index (χ4n) is 2.03. The van der Waals surface area contributed by atoms with E-state index in [1.54, 1.807) is 0 Å². The normalized spacial score (nSPS) is 12.4. The molecule has 5 heteroatoms. The van der Waals surface area contributed by atoms with Crippen LogP contribution in [0.4, 0.5) is 0 Å². The van der Waals surface area contributed by atoms with Crippen LogP contribution >= 0.6 is 11.5 Å². The molecule has 1 heterocycles. The summed E-state index contributed by atoms with van der Waals surface area (Å²) in [5.74, 6) is 0.841. The van der Waals surface area contributed by atoms with E-state index in [2.05, 4.69) is 16.5 Å². The van der Waals surface area contributed by atoms with Crippen molar-refractivity contribution in [3.8, 4) is 5.75 Å². The maximum absolute atomic E-state index is 6.37. The standard InChI is InChI=1S/C14H19N3OS/c1-3-7-11-14(19-17-16-11)13(15)10-8-5-6-9-12(10)18-4-2/h5-6,8-9,13H,3-4,7,15H2,1-2H3. The summed E-state index contributed by atoms with van der Waals surface area (Å²) in [4.78, 5) is 1.04. The highest BCUT2D eigenvalue weighted by Gasteiger charge is 2.19. The molecule has 1 unspecified atom stereocenters. The molecule has 0 bridgehead atoms. The van der Waals surface area contributed by atoms with Crippen LogP contribution in [0.1, 0.15) is 42.4 Å². The summed E-state index contributed by atoms with van der Waals surface area (Å²) in [6, 6.07) is 7.67. The van der Waals surface area contributed by atoms with Crippen molar-refractivity contribution in [3.05, 3.63) is 40.4 Å². The second kappa shape index (κ2) is 6.63. The lowest BCUT2D eigenvalue weighted by atomic mass is 10.0. The van der Waals surface area contributed by atoms with Gasteiger partial charge in [-0.3, -0.25) is 0 Å². The van der Waals surface area contributed by atoms with Crippen LogP contribution in [-0.4, -0.2) is 16.2 Å². The topological polar surface area (TPSA) is 61.0 Å². The Hall–Kier alpha value is -1.46. The first-order valence-electron chi connectivity index (χ1n) is 6.56. The molecule has 0 saturated carbocycles. The largest absolute Gasteiger partial charge is 0.494 e. The van der Waals surface area contributed by atoms with Crippen LogP contribution in [0.3, 0.4) is 0 Å². The minimum absolute atomic E-state index is 0.218. The number of ether oxygens (including phenoxy) is 1. The van der Waals surface area contributed by atoms with Gasteiger partial charge in [0.2, 0.25) is 0 Å². The van der Waals surface area contributed by atoms with Crippen LogP contribution in [0, 0.1) is 0 Å². The van der Waals surface area contributed by atoms with Crippen molar-refractivity contribution in [2.45, 2.75) is 32.7 Å². The van der Waals surface area contributed by atoms with Gasteiger partial charge < -0.3 is 10.5 Å². The van der Waals surface area contributed by atoms with Gasteiger partial charge in [-0.15, -0.1) is 5.10 Å². The average molecular weight is 277 g/mol. The summed E-state index contributed by atoms with van der Waals surface area (Å²) in [7, 11) is 0. The van der Waals surface area contributed by atoms with E-state index in [4.69, 9.17) is 10.5 Å². The lowest BCUT2D eigenvalue weighted by Crippen LogP contribution is -2.14. The van der Waals surface area contributed by atoms with Gasteiger partial charge in [-0.05, 0) is 30.9 Å². The number of benzene rings is 1. The van der Waals surface area contributed by atoms with Gasteiger partial charge in [0.05, 0.1) is 23.2 Å². The molecule has 0 amide bonds. The Morgan fingerprint density at radius 3 is 2.84 bits per heavy atom. The first kappa shape index (κ1) is 14.0. The van der Waals surface area contributed by atoms with Gasteiger partial charge in [-0.1, -0.05) is 36.0 Å². The molecule has 0 saturated heterocycles. The Kier molecular flexibility index (Phi) is 4.87. The van der Waals surface area contributed by atoms with Crippen LogP contribution in [0.5, 0.6) is 5.75 Å². The van der Waals surface area contributed by atoms with E-state index in [0.717, 1.165) is 34.7 Å². The Balaban J connectivity index is 2.32. The Labute approximate surface area is 117 Å². The SMILES string of the molecule is CCCc1nnsc1C(N)c1ccccc1OCC. The smallest absolute Gasteiger partial charge is 0.124 e. The molecule has 19 heavy (non-hydrogen) atoms. The fraction of sp³-hybridized carbons (Fsp3) is 0.429. The molecule has 1 aromatic carbocycles. The van der Waals surface area contributed by atoms with Crippen LogP contribution < -0.4 is 10.5 Å². The predicted molar refractivity (Wildman–Crippen MR) is 77.5 cm³/mol. The van der Waals surface area contributed by atoms with Gasteiger partial charge in [-0.2, -0.15) is 0 Å². The summed E-state index contributed by atoms with van der Waals surface area (Å²) in [5.41, 5.74) is 8.37. The highest BCUT2D eigenvalue weighted by atomic mass is 32.1. The van der Waals surface area contributed by atoms with Gasteiger partial charge >= 0.3 is 0 Å². The van der Waals surface area contributed by atoms with Gasteiger partial charge in [0.15, 0.2) is 0 Å². The van der Waals surface area contributed by atoms with Crippen molar-refractivity contribution in [3.63, 3.8) is 0 Å². The molecule has 2 aromatic rings. The second-order valence-electron chi connectivity index (χ2n) is 4.28. The van der Waals surface area contributed by atoms with E-state index in [0.29, 0.717) is 6.61 Å². The molecule has 2 rings (SSSR count). The van der Waals surface area contributed by atoms with Gasteiger partial charge in [0, 0.05) is 5.56 Å². The van der Waals surface area contributed by atoms with Crippen molar-refractivity contribution in [1.82, 2.24) is 9.59 Å². The first-order valence-corrected chi connectivity index (χ1v) is 7.33. The highest BCUT2D eigenvalue weighted by molar-refractivity contribution is 7.05. The van der Waals surface area contributed by atoms with Crippen molar-refractivity contribution in [2.24, 2.45) is 5.73 Å². The first-order chi connectivity index (χ1) is 9.27. The minimum Gasteiger partial charge on any atom is -0.494 e. The summed E-state index contributed by atoms with van der Waals surface area (Å²) >= 11 is 1.38. The number of hydrogen-bond donors (Lipinski definition) is 1. The molecule has 102 valence electrons. The molecule has 0 spiro atoms. The molecule has 0 radical (unpaired) electrons. The molecule has 0 aliphatic heterocycles. The van der Waals surface area contributed by atoms with E-state index in [1.807, 2.05) is 31.2 Å². The number of aromatic nitrogens is 2. The second-order valence-corrected chi connectivity index (χ2v) is 5.07. The molecule has 2 N–H and O–H groups in total. The van der Waals surface area contributed by atoms with Crippen molar-refractivity contribution < 1.29 is 4.74 Å². The molecule has 0 fully saturated rings. The highest BCUT2D eigenvalue weighted by Crippen LogP contribution is 2.31. The zero-order valence-electron chi connectivity index (χ0n) is 11.3. The van der Waals surface area contributed by atoms with E-state index >= 15 is 0 Å². The van der Waals surface area contributed by atoms with E-state index in [1.165, 1.54) is 11.5 Å². The molecular formula is C14H19N3OS. The third-order valence-corrected chi connectivity index (χ3v) is 3.76. The van der Waals surface area contributed by atoms with Gasteiger partial charge in [-0.25, -0.2) is 0 Å². The molecular weight excluding hydrogens is 258 g/mol. The molecule has 0 aliphatic rings. The molecule has 1 atom stereocenters. The predicted octanol–water partition coefficient (Wildman–Crippen LogP) is 2.94. The summed E-state index contributed by atoms with van der Waals surface area (Å²) in [6.07, 6.45) is 1.95. The number of aryl methyl sites for hydroxylation is 1. The fourth-order valence-corrected chi connectivity index (χ4v) is 2.74. The van der Waals surface area contributed by atoms with Crippen LogP contribution in [0.15, 0.2) is 24.3 Å². The van der Waals surface area contributed by atoms with Crippen molar-refractivity contribution >= 4 is 11.5 Å².